The molecule has 1 saturated heterocycles. The molecule has 0 radical (unpaired) electrons. The van der Waals surface area contributed by atoms with Gasteiger partial charge >= 0.3 is 0 Å². The number of hydrogen-bond acceptors (Lipinski definition) is 2. The minimum Gasteiger partial charge on any atom is -0.207 e. The quantitative estimate of drug-likeness (QED) is 0.786. The van der Waals surface area contributed by atoms with Crippen LogP contribution in [0.3, 0.4) is 0 Å². The maximum Gasteiger partial charge on any atom is 0.243 e. The SMILES string of the molecule is Cc1cccc(S(=O)(=O)N2CCCC(CCBr)C2)c1. The van der Waals surface area contributed by atoms with Crippen LogP contribution in [0.5, 0.6) is 0 Å². The zero-order chi connectivity index (χ0) is 13.9. The number of nitrogens with zero attached hydrogens (tertiary/aromatic N) is 1. The molecule has 0 aromatic heterocycles. The van der Waals surface area contributed by atoms with Gasteiger partial charge in [0.15, 0.2) is 0 Å². The Kier molecular flexibility index (Phi) is 5.03. The maximum atomic E-state index is 12.6. The fourth-order valence-corrected chi connectivity index (χ4v) is 4.87. The van der Waals surface area contributed by atoms with E-state index in [1.54, 1.807) is 16.4 Å². The molecule has 0 bridgehead atoms. The first-order chi connectivity index (χ1) is 9.04. The van der Waals surface area contributed by atoms with E-state index in [4.69, 9.17) is 0 Å². The average molecular weight is 346 g/mol. The summed E-state index contributed by atoms with van der Waals surface area (Å²) in [7, 11) is -3.32. The van der Waals surface area contributed by atoms with E-state index in [2.05, 4.69) is 15.9 Å². The van der Waals surface area contributed by atoms with Crippen molar-refractivity contribution in [1.82, 2.24) is 4.31 Å². The maximum absolute atomic E-state index is 12.6. The number of sulfonamides is 1. The average Bonchev–Trinajstić information content (AvgIpc) is 2.39. The first-order valence-electron chi connectivity index (χ1n) is 6.67. The van der Waals surface area contributed by atoms with Crippen molar-refractivity contribution in [2.75, 3.05) is 18.4 Å². The second kappa shape index (κ2) is 6.37. The zero-order valence-electron chi connectivity index (χ0n) is 11.2. The van der Waals surface area contributed by atoms with Gasteiger partial charge in [0, 0.05) is 18.4 Å². The van der Waals surface area contributed by atoms with Gasteiger partial charge in [0.1, 0.15) is 0 Å². The lowest BCUT2D eigenvalue weighted by Crippen LogP contribution is -2.40. The Morgan fingerprint density at radius 1 is 1.42 bits per heavy atom. The van der Waals surface area contributed by atoms with Gasteiger partial charge in [0.05, 0.1) is 4.90 Å². The number of aryl methyl sites for hydroxylation is 1. The van der Waals surface area contributed by atoms with Gasteiger partial charge in [-0.25, -0.2) is 8.42 Å². The van der Waals surface area contributed by atoms with Crippen molar-refractivity contribution < 1.29 is 8.42 Å². The van der Waals surface area contributed by atoms with Crippen LogP contribution < -0.4 is 0 Å². The smallest absolute Gasteiger partial charge is 0.207 e. The van der Waals surface area contributed by atoms with Crippen LogP contribution >= 0.6 is 15.9 Å². The molecule has 1 aliphatic rings. The molecule has 0 spiro atoms. The van der Waals surface area contributed by atoms with Crippen molar-refractivity contribution >= 4 is 26.0 Å². The monoisotopic (exact) mass is 345 g/mol. The van der Waals surface area contributed by atoms with Crippen molar-refractivity contribution in [2.45, 2.75) is 31.1 Å². The first-order valence-corrected chi connectivity index (χ1v) is 9.23. The van der Waals surface area contributed by atoms with Gasteiger partial charge in [-0.15, -0.1) is 0 Å². The molecular weight excluding hydrogens is 326 g/mol. The number of benzene rings is 1. The fourth-order valence-electron chi connectivity index (χ4n) is 2.56. The summed E-state index contributed by atoms with van der Waals surface area (Å²) in [4.78, 5) is 0.423. The minimum atomic E-state index is -3.32. The number of rotatable bonds is 4. The summed E-state index contributed by atoms with van der Waals surface area (Å²) >= 11 is 3.44. The molecule has 106 valence electrons. The number of hydrogen-bond donors (Lipinski definition) is 0. The molecule has 1 aromatic rings. The molecule has 0 amide bonds. The fraction of sp³-hybridized carbons (Fsp3) is 0.571. The van der Waals surface area contributed by atoms with Crippen molar-refractivity contribution in [3.8, 4) is 0 Å². The molecule has 0 N–H and O–H groups in total. The molecule has 1 aliphatic heterocycles. The Hall–Kier alpha value is -0.390. The topological polar surface area (TPSA) is 37.4 Å². The Morgan fingerprint density at radius 2 is 2.21 bits per heavy atom. The zero-order valence-corrected chi connectivity index (χ0v) is 13.6. The number of piperidine rings is 1. The number of halogens is 1. The second-order valence-corrected chi connectivity index (χ2v) is 7.90. The molecule has 1 atom stereocenters. The van der Waals surface area contributed by atoms with E-state index < -0.39 is 10.0 Å². The van der Waals surface area contributed by atoms with Gasteiger partial charge in [-0.05, 0) is 49.8 Å². The van der Waals surface area contributed by atoms with E-state index in [-0.39, 0.29) is 0 Å². The van der Waals surface area contributed by atoms with Gasteiger partial charge in [0.25, 0.3) is 0 Å². The Morgan fingerprint density at radius 3 is 2.89 bits per heavy atom. The highest BCUT2D eigenvalue weighted by atomic mass is 79.9. The van der Waals surface area contributed by atoms with E-state index >= 15 is 0 Å². The lowest BCUT2D eigenvalue weighted by molar-refractivity contribution is 0.263. The minimum absolute atomic E-state index is 0.423. The van der Waals surface area contributed by atoms with Crippen LogP contribution in [0.2, 0.25) is 0 Å². The predicted octanol–water partition coefficient (Wildman–Crippen LogP) is 3.18. The summed E-state index contributed by atoms with van der Waals surface area (Å²) < 4.78 is 26.9. The van der Waals surface area contributed by atoms with Gasteiger partial charge in [-0.2, -0.15) is 4.31 Å². The highest BCUT2D eigenvalue weighted by Gasteiger charge is 2.29. The first kappa shape index (κ1) is 15.0. The molecule has 19 heavy (non-hydrogen) atoms. The molecule has 1 aromatic carbocycles. The second-order valence-electron chi connectivity index (χ2n) is 5.17. The third-order valence-electron chi connectivity index (χ3n) is 3.63. The van der Waals surface area contributed by atoms with E-state index in [0.717, 1.165) is 30.2 Å². The van der Waals surface area contributed by atoms with E-state index in [1.165, 1.54) is 0 Å². The van der Waals surface area contributed by atoms with Crippen LogP contribution in [0.4, 0.5) is 0 Å². The largest absolute Gasteiger partial charge is 0.243 e. The van der Waals surface area contributed by atoms with E-state index in [0.29, 0.717) is 23.9 Å². The Balaban J connectivity index is 2.19. The van der Waals surface area contributed by atoms with E-state index in [9.17, 15) is 8.42 Å². The molecule has 0 aliphatic carbocycles. The van der Waals surface area contributed by atoms with Crippen LogP contribution in [0.15, 0.2) is 29.2 Å². The summed E-state index contributed by atoms with van der Waals surface area (Å²) in [6.07, 6.45) is 3.13. The van der Waals surface area contributed by atoms with Gasteiger partial charge in [0.2, 0.25) is 10.0 Å². The van der Waals surface area contributed by atoms with Crippen LogP contribution in [-0.2, 0) is 10.0 Å². The third-order valence-corrected chi connectivity index (χ3v) is 5.95. The molecule has 0 saturated carbocycles. The normalized spacial score (nSPS) is 21.5. The summed E-state index contributed by atoms with van der Waals surface area (Å²) in [5.74, 6) is 0.479. The van der Waals surface area contributed by atoms with Crippen molar-refractivity contribution in [2.24, 2.45) is 5.92 Å². The highest BCUT2D eigenvalue weighted by molar-refractivity contribution is 9.09. The van der Waals surface area contributed by atoms with Crippen molar-refractivity contribution in [1.29, 1.82) is 0 Å². The standard InChI is InChI=1S/C14H20BrNO2S/c1-12-4-2-6-14(10-12)19(17,18)16-9-3-5-13(11-16)7-8-15/h2,4,6,10,13H,3,5,7-9,11H2,1H3. The van der Waals surface area contributed by atoms with Gasteiger partial charge in [-0.3, -0.25) is 0 Å². The predicted molar refractivity (Wildman–Crippen MR) is 81.1 cm³/mol. The number of alkyl halides is 1. The van der Waals surface area contributed by atoms with Crippen molar-refractivity contribution in [3.63, 3.8) is 0 Å². The summed E-state index contributed by atoms with van der Waals surface area (Å²) in [5.41, 5.74) is 0.982. The molecule has 1 fully saturated rings. The van der Waals surface area contributed by atoms with Gasteiger partial charge < -0.3 is 0 Å². The van der Waals surface area contributed by atoms with Crippen LogP contribution in [0.25, 0.3) is 0 Å². The lowest BCUT2D eigenvalue weighted by Gasteiger charge is -2.31. The molecule has 1 unspecified atom stereocenters. The van der Waals surface area contributed by atoms with Crippen LogP contribution in [0, 0.1) is 12.8 Å². The molecule has 3 nitrogen and oxygen atoms in total. The summed E-state index contributed by atoms with van der Waals surface area (Å²) in [6, 6.07) is 7.17. The lowest BCUT2D eigenvalue weighted by atomic mass is 9.97. The Bertz CT molecular complexity index is 528. The molecule has 1 heterocycles. The summed E-state index contributed by atoms with van der Waals surface area (Å²) in [6.45, 7) is 3.22. The van der Waals surface area contributed by atoms with Crippen molar-refractivity contribution in [3.05, 3.63) is 29.8 Å². The highest BCUT2D eigenvalue weighted by Crippen LogP contribution is 2.26. The molecule has 2 rings (SSSR count). The molecule has 5 heteroatoms. The van der Waals surface area contributed by atoms with Crippen LogP contribution in [-0.4, -0.2) is 31.1 Å². The van der Waals surface area contributed by atoms with Crippen LogP contribution in [0.1, 0.15) is 24.8 Å². The third kappa shape index (κ3) is 3.58. The molecular formula is C14H20BrNO2S. The van der Waals surface area contributed by atoms with E-state index in [1.807, 2.05) is 19.1 Å². The van der Waals surface area contributed by atoms with Gasteiger partial charge in [-0.1, -0.05) is 28.1 Å². The Labute approximate surface area is 124 Å². The summed E-state index contributed by atoms with van der Waals surface area (Å²) in [5, 5.41) is 0.940.